The van der Waals surface area contributed by atoms with Crippen LogP contribution in [0.5, 0.6) is 5.75 Å². The van der Waals surface area contributed by atoms with Crippen molar-refractivity contribution < 1.29 is 9.52 Å². The molecule has 1 N–H and O–H groups in total. The summed E-state index contributed by atoms with van der Waals surface area (Å²) in [6.07, 6.45) is 11.9. The van der Waals surface area contributed by atoms with Crippen molar-refractivity contribution in [2.24, 2.45) is 11.8 Å². The van der Waals surface area contributed by atoms with Crippen molar-refractivity contribution in [3.63, 3.8) is 0 Å². The molecule has 1 heterocycles. The Morgan fingerprint density at radius 3 is 2.44 bits per heavy atom. The van der Waals surface area contributed by atoms with Crippen LogP contribution in [-0.2, 0) is 6.42 Å². The molecule has 1 aromatic carbocycles. The molecule has 0 bridgehead atoms. The molecule has 0 amide bonds. The summed E-state index contributed by atoms with van der Waals surface area (Å²) in [6.45, 7) is 0. The average molecular weight is 367 g/mol. The molecule has 2 aliphatic rings. The summed E-state index contributed by atoms with van der Waals surface area (Å²) in [5.74, 6) is 1.94. The fourth-order valence-corrected chi connectivity index (χ4v) is 4.75. The number of rotatable bonds is 7. The summed E-state index contributed by atoms with van der Waals surface area (Å²) in [4.78, 5) is 12.7. The van der Waals surface area contributed by atoms with Gasteiger partial charge in [0.05, 0.1) is 5.56 Å². The lowest BCUT2D eigenvalue weighted by molar-refractivity contribution is 0.326. The van der Waals surface area contributed by atoms with Gasteiger partial charge < -0.3 is 9.52 Å². The summed E-state index contributed by atoms with van der Waals surface area (Å²) in [6, 6.07) is 11.7. The smallest absolute Gasteiger partial charge is 0.343 e. The van der Waals surface area contributed by atoms with E-state index < -0.39 is 0 Å². The first-order chi connectivity index (χ1) is 13.2. The highest BCUT2D eigenvalue weighted by atomic mass is 16.4. The Bertz CT molecular complexity index is 798. The molecule has 0 radical (unpaired) electrons. The summed E-state index contributed by atoms with van der Waals surface area (Å²) in [7, 11) is 0. The number of aryl methyl sites for hydroxylation is 1. The first-order valence-electron chi connectivity index (χ1n) is 10.6. The van der Waals surface area contributed by atoms with Gasteiger partial charge in [0.1, 0.15) is 11.5 Å². The maximum atomic E-state index is 12.7. The molecule has 0 spiro atoms. The molecule has 1 aromatic heterocycles. The van der Waals surface area contributed by atoms with Gasteiger partial charge in [-0.25, -0.2) is 4.79 Å². The zero-order valence-corrected chi connectivity index (χ0v) is 16.0. The number of hydrogen-bond acceptors (Lipinski definition) is 3. The Kier molecular flexibility index (Phi) is 5.66. The minimum absolute atomic E-state index is 0.0567. The van der Waals surface area contributed by atoms with Crippen molar-refractivity contribution in [1.29, 1.82) is 0 Å². The summed E-state index contributed by atoms with van der Waals surface area (Å²) in [5, 5.41) is 10.7. The lowest BCUT2D eigenvalue weighted by Gasteiger charge is -2.21. The van der Waals surface area contributed by atoms with Gasteiger partial charge in [0.15, 0.2) is 0 Å². The molecular formula is C24H30O3. The van der Waals surface area contributed by atoms with Crippen molar-refractivity contribution in [2.45, 2.75) is 70.1 Å². The normalized spacial score (nSPS) is 19.1. The van der Waals surface area contributed by atoms with Gasteiger partial charge in [-0.3, -0.25) is 0 Å². The van der Waals surface area contributed by atoms with Crippen molar-refractivity contribution in [3.05, 3.63) is 63.7 Å². The zero-order valence-electron chi connectivity index (χ0n) is 16.0. The molecular weight excluding hydrogens is 336 g/mol. The highest BCUT2D eigenvalue weighted by molar-refractivity contribution is 5.41. The van der Waals surface area contributed by atoms with Gasteiger partial charge in [0.2, 0.25) is 0 Å². The predicted molar refractivity (Wildman–Crippen MR) is 107 cm³/mol. The fraction of sp³-hybridized carbons (Fsp3) is 0.542. The van der Waals surface area contributed by atoms with Crippen LogP contribution in [0, 0.1) is 11.8 Å². The van der Waals surface area contributed by atoms with Crippen molar-refractivity contribution in [2.75, 3.05) is 0 Å². The standard InChI is InChI=1S/C24H30O3/c25-21-16-20(13-7-10-17-8-3-1-4-9-17)27-24(26)23(21)22(19-14-15-19)18-11-5-2-6-12-18/h2,5-6,11-12,16-17,19,22,25H,1,3-4,7-10,13-15H2. The van der Waals surface area contributed by atoms with Crippen LogP contribution in [0.25, 0.3) is 0 Å². The van der Waals surface area contributed by atoms with E-state index in [4.69, 9.17) is 4.42 Å². The van der Waals surface area contributed by atoms with Gasteiger partial charge in [-0.1, -0.05) is 68.9 Å². The molecule has 0 saturated heterocycles. The Hall–Kier alpha value is -2.03. The molecule has 1 atom stereocenters. The molecule has 3 heteroatoms. The summed E-state index contributed by atoms with van der Waals surface area (Å²) >= 11 is 0. The molecule has 2 fully saturated rings. The first kappa shape index (κ1) is 18.3. The van der Waals surface area contributed by atoms with E-state index in [1.54, 1.807) is 6.07 Å². The third-order valence-electron chi connectivity index (χ3n) is 6.34. The topological polar surface area (TPSA) is 50.4 Å². The van der Waals surface area contributed by atoms with E-state index in [1.807, 2.05) is 30.3 Å². The van der Waals surface area contributed by atoms with E-state index in [1.165, 1.54) is 38.5 Å². The van der Waals surface area contributed by atoms with Gasteiger partial charge in [-0.05, 0) is 36.7 Å². The molecule has 0 aliphatic heterocycles. The molecule has 144 valence electrons. The van der Waals surface area contributed by atoms with Crippen LogP contribution in [0.2, 0.25) is 0 Å². The quantitative estimate of drug-likeness (QED) is 0.675. The lowest BCUT2D eigenvalue weighted by Crippen LogP contribution is -2.16. The molecule has 27 heavy (non-hydrogen) atoms. The number of hydrogen-bond donors (Lipinski definition) is 1. The Morgan fingerprint density at radius 2 is 1.78 bits per heavy atom. The maximum absolute atomic E-state index is 12.7. The third kappa shape index (κ3) is 4.45. The highest BCUT2D eigenvalue weighted by Crippen LogP contribution is 2.47. The van der Waals surface area contributed by atoms with Crippen LogP contribution in [0.1, 0.15) is 80.6 Å². The van der Waals surface area contributed by atoms with Crippen LogP contribution in [0.4, 0.5) is 0 Å². The van der Waals surface area contributed by atoms with E-state index in [0.29, 0.717) is 17.2 Å². The largest absolute Gasteiger partial charge is 0.507 e. The third-order valence-corrected chi connectivity index (χ3v) is 6.34. The van der Waals surface area contributed by atoms with Crippen molar-refractivity contribution in [3.8, 4) is 5.75 Å². The Morgan fingerprint density at radius 1 is 1.04 bits per heavy atom. The Labute approximate surface area is 161 Å². The molecule has 2 aliphatic carbocycles. The van der Waals surface area contributed by atoms with Gasteiger partial charge in [-0.15, -0.1) is 0 Å². The molecule has 1 unspecified atom stereocenters. The maximum Gasteiger partial charge on any atom is 0.343 e. The first-order valence-corrected chi connectivity index (χ1v) is 10.6. The molecule has 3 nitrogen and oxygen atoms in total. The second-order valence-corrected chi connectivity index (χ2v) is 8.42. The minimum atomic E-state index is -0.358. The zero-order chi connectivity index (χ0) is 18.6. The van der Waals surface area contributed by atoms with E-state index in [0.717, 1.165) is 37.2 Å². The SMILES string of the molecule is O=c1oc(CCCC2CCCCC2)cc(O)c1C(c1ccccc1)C1CC1. The van der Waals surface area contributed by atoms with E-state index >= 15 is 0 Å². The van der Waals surface area contributed by atoms with Gasteiger partial charge in [0.25, 0.3) is 0 Å². The highest BCUT2D eigenvalue weighted by Gasteiger charge is 2.37. The lowest BCUT2D eigenvalue weighted by atomic mass is 9.85. The van der Waals surface area contributed by atoms with Crippen LogP contribution in [0.15, 0.2) is 45.6 Å². The van der Waals surface area contributed by atoms with Gasteiger partial charge in [0, 0.05) is 18.4 Å². The second kappa shape index (κ2) is 8.33. The summed E-state index contributed by atoms with van der Waals surface area (Å²) < 4.78 is 5.64. The minimum Gasteiger partial charge on any atom is -0.507 e. The van der Waals surface area contributed by atoms with Crippen molar-refractivity contribution >= 4 is 0 Å². The van der Waals surface area contributed by atoms with Gasteiger partial charge in [-0.2, -0.15) is 0 Å². The van der Waals surface area contributed by atoms with E-state index in [-0.39, 0.29) is 17.3 Å². The summed E-state index contributed by atoms with van der Waals surface area (Å²) in [5.41, 5.74) is 1.18. The van der Waals surface area contributed by atoms with Crippen LogP contribution >= 0.6 is 0 Å². The average Bonchev–Trinajstić information content (AvgIpc) is 3.51. The van der Waals surface area contributed by atoms with Crippen LogP contribution in [0.3, 0.4) is 0 Å². The predicted octanol–water partition coefficient (Wildman–Crippen LogP) is 5.79. The monoisotopic (exact) mass is 366 g/mol. The molecule has 2 saturated carbocycles. The molecule has 2 aromatic rings. The van der Waals surface area contributed by atoms with E-state index in [9.17, 15) is 9.90 Å². The second-order valence-electron chi connectivity index (χ2n) is 8.42. The number of benzene rings is 1. The molecule has 4 rings (SSSR count). The van der Waals surface area contributed by atoms with Crippen LogP contribution < -0.4 is 5.63 Å². The Balaban J connectivity index is 1.48. The van der Waals surface area contributed by atoms with Crippen molar-refractivity contribution in [1.82, 2.24) is 0 Å². The van der Waals surface area contributed by atoms with Gasteiger partial charge >= 0.3 is 5.63 Å². The fourth-order valence-electron chi connectivity index (χ4n) is 4.75. The van der Waals surface area contributed by atoms with E-state index in [2.05, 4.69) is 0 Å². The number of aromatic hydroxyl groups is 1. The van der Waals surface area contributed by atoms with Crippen LogP contribution in [-0.4, -0.2) is 5.11 Å².